The van der Waals surface area contributed by atoms with Crippen LogP contribution in [-0.4, -0.2) is 35.8 Å². The zero-order valence-corrected chi connectivity index (χ0v) is 13.0. The Kier molecular flexibility index (Phi) is 6.28. The summed E-state index contributed by atoms with van der Waals surface area (Å²) in [6.07, 6.45) is 0.835. The zero-order chi connectivity index (χ0) is 14.4. The van der Waals surface area contributed by atoms with Gasteiger partial charge in [-0.25, -0.2) is 4.39 Å². The Balaban J connectivity index is 2.96. The quantitative estimate of drug-likeness (QED) is 0.747. The van der Waals surface area contributed by atoms with Gasteiger partial charge in [0.1, 0.15) is 11.6 Å². The highest BCUT2D eigenvalue weighted by Crippen LogP contribution is 2.19. The molecule has 0 fully saturated rings. The molecule has 1 rings (SSSR count). The summed E-state index contributed by atoms with van der Waals surface area (Å²) in [5, 5.41) is 0.814. The summed E-state index contributed by atoms with van der Waals surface area (Å²) < 4.78 is 18.8. The number of ether oxygens (including phenoxy) is 1. The Morgan fingerprint density at radius 3 is 2.63 bits per heavy atom. The van der Waals surface area contributed by atoms with Crippen LogP contribution < -0.4 is 4.74 Å². The average Bonchev–Trinajstić information content (AvgIpc) is 2.38. The highest BCUT2D eigenvalue weighted by molar-refractivity contribution is 9.09. The van der Waals surface area contributed by atoms with E-state index in [1.807, 2.05) is 13.8 Å². The molecule has 0 aromatic heterocycles. The molecule has 0 unspecified atom stereocenters. The number of rotatable bonds is 6. The molecule has 106 valence electrons. The second-order valence-corrected chi connectivity index (χ2v) is 5.27. The second-order valence-electron chi connectivity index (χ2n) is 4.48. The van der Waals surface area contributed by atoms with Crippen molar-refractivity contribution in [1.29, 1.82) is 0 Å². The average molecular weight is 332 g/mol. The van der Waals surface area contributed by atoms with Gasteiger partial charge in [-0.2, -0.15) is 0 Å². The van der Waals surface area contributed by atoms with Crippen LogP contribution in [0.15, 0.2) is 18.2 Å². The first-order valence-electron chi connectivity index (χ1n) is 6.21. The van der Waals surface area contributed by atoms with Gasteiger partial charge in [-0.1, -0.05) is 15.9 Å². The van der Waals surface area contributed by atoms with Gasteiger partial charge in [0.2, 0.25) is 0 Å². The topological polar surface area (TPSA) is 29.5 Å². The Bertz CT molecular complexity index is 437. The molecule has 0 saturated carbocycles. The number of carbonyl (C=O) groups is 1. The Labute approximate surface area is 121 Å². The summed E-state index contributed by atoms with van der Waals surface area (Å²) in [6.45, 7) is 4.45. The third-order valence-electron chi connectivity index (χ3n) is 2.82. The molecular formula is C14H19BrFNO2. The fourth-order valence-corrected chi connectivity index (χ4v) is 2.03. The van der Waals surface area contributed by atoms with Crippen LogP contribution in [0.4, 0.5) is 4.39 Å². The van der Waals surface area contributed by atoms with Crippen LogP contribution in [0.25, 0.3) is 0 Å². The van der Waals surface area contributed by atoms with E-state index in [0.29, 0.717) is 12.3 Å². The van der Waals surface area contributed by atoms with E-state index < -0.39 is 5.82 Å². The summed E-state index contributed by atoms with van der Waals surface area (Å²) in [6, 6.07) is 4.34. The summed E-state index contributed by atoms with van der Waals surface area (Å²) >= 11 is 3.34. The van der Waals surface area contributed by atoms with Crippen molar-refractivity contribution >= 4 is 21.8 Å². The van der Waals surface area contributed by atoms with Crippen molar-refractivity contribution in [2.75, 3.05) is 19.0 Å². The van der Waals surface area contributed by atoms with E-state index in [0.717, 1.165) is 11.8 Å². The van der Waals surface area contributed by atoms with E-state index in [4.69, 9.17) is 4.74 Å². The smallest absolute Gasteiger partial charge is 0.257 e. The van der Waals surface area contributed by atoms with Gasteiger partial charge < -0.3 is 9.64 Å². The molecule has 1 amide bonds. The van der Waals surface area contributed by atoms with Crippen molar-refractivity contribution in [2.45, 2.75) is 26.3 Å². The van der Waals surface area contributed by atoms with Crippen LogP contribution in [0.1, 0.15) is 30.6 Å². The maximum Gasteiger partial charge on any atom is 0.257 e. The van der Waals surface area contributed by atoms with Crippen molar-refractivity contribution in [3.8, 4) is 5.75 Å². The van der Waals surface area contributed by atoms with Crippen molar-refractivity contribution in [1.82, 2.24) is 4.90 Å². The molecule has 0 atom stereocenters. The molecule has 19 heavy (non-hydrogen) atoms. The number of hydrogen-bond donors (Lipinski definition) is 0. The van der Waals surface area contributed by atoms with Crippen molar-refractivity contribution in [3.05, 3.63) is 29.6 Å². The van der Waals surface area contributed by atoms with Crippen LogP contribution >= 0.6 is 15.9 Å². The van der Waals surface area contributed by atoms with E-state index in [2.05, 4.69) is 15.9 Å². The SMILES string of the molecule is COc1ccc(C(=O)N(CCCBr)C(C)C)c(F)c1. The first-order chi connectivity index (χ1) is 9.01. The number of amides is 1. The van der Waals surface area contributed by atoms with Crippen LogP contribution in [-0.2, 0) is 0 Å². The molecule has 0 radical (unpaired) electrons. The van der Waals surface area contributed by atoms with Crippen LogP contribution in [0.2, 0.25) is 0 Å². The lowest BCUT2D eigenvalue weighted by Gasteiger charge is -2.26. The molecule has 5 heteroatoms. The Hall–Kier alpha value is -1.10. The molecule has 0 aliphatic heterocycles. The fraction of sp³-hybridized carbons (Fsp3) is 0.500. The Morgan fingerprint density at radius 2 is 2.16 bits per heavy atom. The van der Waals surface area contributed by atoms with Gasteiger partial charge in [-0.05, 0) is 32.4 Å². The molecule has 0 spiro atoms. The summed E-state index contributed by atoms with van der Waals surface area (Å²) in [5.41, 5.74) is 0.0871. The van der Waals surface area contributed by atoms with Crippen LogP contribution in [0.3, 0.4) is 0 Å². The molecule has 0 heterocycles. The lowest BCUT2D eigenvalue weighted by atomic mass is 10.1. The molecule has 1 aromatic rings. The number of hydrogen-bond acceptors (Lipinski definition) is 2. The zero-order valence-electron chi connectivity index (χ0n) is 11.5. The number of methoxy groups -OCH3 is 1. The summed E-state index contributed by atoms with van der Waals surface area (Å²) in [4.78, 5) is 14.0. The number of nitrogens with zero attached hydrogens (tertiary/aromatic N) is 1. The second kappa shape index (κ2) is 7.48. The Morgan fingerprint density at radius 1 is 1.47 bits per heavy atom. The van der Waals surface area contributed by atoms with Crippen LogP contribution in [0, 0.1) is 5.82 Å². The molecule has 3 nitrogen and oxygen atoms in total. The van der Waals surface area contributed by atoms with E-state index in [-0.39, 0.29) is 17.5 Å². The van der Waals surface area contributed by atoms with Gasteiger partial charge >= 0.3 is 0 Å². The first-order valence-corrected chi connectivity index (χ1v) is 7.33. The van der Waals surface area contributed by atoms with Gasteiger partial charge in [-0.3, -0.25) is 4.79 Å². The van der Waals surface area contributed by atoms with Gasteiger partial charge in [0.25, 0.3) is 5.91 Å². The van der Waals surface area contributed by atoms with E-state index in [9.17, 15) is 9.18 Å². The number of benzene rings is 1. The molecule has 1 aromatic carbocycles. The van der Waals surface area contributed by atoms with Gasteiger partial charge in [-0.15, -0.1) is 0 Å². The standard InChI is InChI=1S/C14H19BrFNO2/c1-10(2)17(8-4-7-15)14(18)12-6-5-11(19-3)9-13(12)16/h5-6,9-10H,4,7-8H2,1-3H3. The third-order valence-corrected chi connectivity index (χ3v) is 3.38. The normalized spacial score (nSPS) is 10.6. The third kappa shape index (κ3) is 4.20. The number of halogens is 2. The molecular weight excluding hydrogens is 313 g/mol. The minimum absolute atomic E-state index is 0.0352. The van der Waals surface area contributed by atoms with Crippen molar-refractivity contribution in [3.63, 3.8) is 0 Å². The lowest BCUT2D eigenvalue weighted by molar-refractivity contribution is 0.0702. The first kappa shape index (κ1) is 16.0. The molecule has 0 saturated heterocycles. The highest BCUT2D eigenvalue weighted by Gasteiger charge is 2.21. The molecule has 0 bridgehead atoms. The minimum Gasteiger partial charge on any atom is -0.497 e. The van der Waals surface area contributed by atoms with Crippen molar-refractivity contribution < 1.29 is 13.9 Å². The van der Waals surface area contributed by atoms with Crippen LogP contribution in [0.5, 0.6) is 5.75 Å². The van der Waals surface area contributed by atoms with Crippen molar-refractivity contribution in [2.24, 2.45) is 0 Å². The van der Waals surface area contributed by atoms with Gasteiger partial charge in [0.05, 0.1) is 12.7 Å². The van der Waals surface area contributed by atoms with E-state index in [1.165, 1.54) is 19.2 Å². The lowest BCUT2D eigenvalue weighted by Crippen LogP contribution is -2.38. The predicted octanol–water partition coefficient (Wildman–Crippen LogP) is 3.47. The van der Waals surface area contributed by atoms with E-state index in [1.54, 1.807) is 11.0 Å². The fourth-order valence-electron chi connectivity index (χ4n) is 1.78. The molecule has 0 aliphatic carbocycles. The maximum atomic E-state index is 13.9. The molecule has 0 aliphatic rings. The van der Waals surface area contributed by atoms with Gasteiger partial charge in [0, 0.05) is 24.0 Å². The highest BCUT2D eigenvalue weighted by atomic mass is 79.9. The minimum atomic E-state index is -0.547. The molecule has 0 N–H and O–H groups in total. The number of alkyl halides is 1. The monoisotopic (exact) mass is 331 g/mol. The summed E-state index contributed by atoms with van der Waals surface area (Å²) in [5.74, 6) is -0.421. The van der Waals surface area contributed by atoms with E-state index >= 15 is 0 Å². The van der Waals surface area contributed by atoms with Gasteiger partial charge in [0.15, 0.2) is 0 Å². The summed E-state index contributed by atoms with van der Waals surface area (Å²) in [7, 11) is 1.46. The maximum absolute atomic E-state index is 13.9. The largest absolute Gasteiger partial charge is 0.497 e. The number of carbonyl (C=O) groups excluding carboxylic acids is 1. The predicted molar refractivity (Wildman–Crippen MR) is 77.5 cm³/mol.